The van der Waals surface area contributed by atoms with Gasteiger partial charge in [-0.3, -0.25) is 9.69 Å². The molecule has 1 aromatic rings. The molecular weight excluding hydrogens is 312 g/mol. The minimum atomic E-state index is -0.0721. The maximum atomic E-state index is 12.7. The second kappa shape index (κ2) is 7.71. The van der Waals surface area contributed by atoms with E-state index in [9.17, 15) is 4.79 Å². The van der Waals surface area contributed by atoms with Gasteiger partial charge in [0, 0.05) is 38.3 Å². The number of rotatable bonds is 3. The monoisotopic (exact) mass is 342 g/mol. The number of carbonyl (C=O) groups excluding carboxylic acids is 1. The molecule has 0 aromatic heterocycles. The van der Waals surface area contributed by atoms with Gasteiger partial charge in [0.2, 0.25) is 0 Å². The van der Waals surface area contributed by atoms with E-state index in [0.29, 0.717) is 0 Å². The van der Waals surface area contributed by atoms with Crippen LogP contribution in [-0.4, -0.2) is 54.6 Å². The van der Waals surface area contributed by atoms with Gasteiger partial charge in [0.1, 0.15) is 0 Å². The summed E-state index contributed by atoms with van der Waals surface area (Å²) in [5, 5.41) is 0. The summed E-state index contributed by atoms with van der Waals surface area (Å²) < 4.78 is 5.61. The third-order valence-corrected chi connectivity index (χ3v) is 5.42. The third-order valence-electron chi connectivity index (χ3n) is 5.42. The van der Waals surface area contributed by atoms with Crippen LogP contribution in [0, 0.1) is 20.8 Å². The molecule has 0 saturated carbocycles. The van der Waals surface area contributed by atoms with Crippen LogP contribution in [0.1, 0.15) is 35.6 Å². The van der Waals surface area contributed by atoms with Crippen LogP contribution in [0.25, 0.3) is 0 Å². The maximum Gasteiger partial charge on any atom is 0.252 e. The van der Waals surface area contributed by atoms with Crippen LogP contribution in [0.15, 0.2) is 23.8 Å². The molecule has 0 spiro atoms. The zero-order chi connectivity index (χ0) is 18.0. The summed E-state index contributed by atoms with van der Waals surface area (Å²) in [6, 6.07) is 4.53. The molecule has 136 valence electrons. The van der Waals surface area contributed by atoms with Crippen molar-refractivity contribution in [3.63, 3.8) is 0 Å². The molecule has 2 heterocycles. The summed E-state index contributed by atoms with van der Waals surface area (Å²) in [5.41, 5.74) is 6.34. The first-order valence-corrected chi connectivity index (χ1v) is 9.35. The lowest BCUT2D eigenvalue weighted by molar-refractivity contribution is -0.130. The number of nitrogens with zero attached hydrogens (tertiary/aromatic N) is 2. The zero-order valence-electron chi connectivity index (χ0n) is 16.0. The highest BCUT2D eigenvalue weighted by Gasteiger charge is 2.28. The average Bonchev–Trinajstić information content (AvgIpc) is 2.58. The number of amides is 1. The molecule has 4 nitrogen and oxygen atoms in total. The molecule has 0 bridgehead atoms. The Balaban J connectivity index is 1.59. The van der Waals surface area contributed by atoms with E-state index in [2.05, 4.69) is 43.9 Å². The van der Waals surface area contributed by atoms with E-state index in [0.717, 1.165) is 51.3 Å². The second-order valence-electron chi connectivity index (χ2n) is 7.41. The van der Waals surface area contributed by atoms with Gasteiger partial charge < -0.3 is 9.64 Å². The summed E-state index contributed by atoms with van der Waals surface area (Å²) in [4.78, 5) is 17.2. The fourth-order valence-corrected chi connectivity index (χ4v) is 3.95. The van der Waals surface area contributed by atoms with Crippen LogP contribution in [0.5, 0.6) is 0 Å². The molecule has 0 N–H and O–H groups in total. The van der Waals surface area contributed by atoms with Crippen molar-refractivity contribution in [2.24, 2.45) is 0 Å². The predicted molar refractivity (Wildman–Crippen MR) is 101 cm³/mol. The van der Waals surface area contributed by atoms with Crippen molar-refractivity contribution >= 4 is 5.91 Å². The van der Waals surface area contributed by atoms with Gasteiger partial charge in [0.15, 0.2) is 0 Å². The average molecular weight is 342 g/mol. The standard InChI is InChI=1S/C21H30N2O2/c1-15-12-16(2)20(17(3)13-15)14-22-7-9-23(10-8-22)21(24)19-6-5-11-25-18(19)4/h6,12-13,18H,5,7-11,14H2,1-4H3. The number of aryl methyl sites for hydroxylation is 3. The molecule has 25 heavy (non-hydrogen) atoms. The van der Waals surface area contributed by atoms with Crippen LogP contribution < -0.4 is 0 Å². The van der Waals surface area contributed by atoms with E-state index in [1.165, 1.54) is 22.3 Å². The van der Waals surface area contributed by atoms with E-state index in [-0.39, 0.29) is 12.0 Å². The van der Waals surface area contributed by atoms with Gasteiger partial charge in [-0.2, -0.15) is 0 Å². The fourth-order valence-electron chi connectivity index (χ4n) is 3.95. The van der Waals surface area contributed by atoms with Crippen molar-refractivity contribution in [2.75, 3.05) is 32.8 Å². The number of ether oxygens (including phenoxy) is 1. The number of carbonyl (C=O) groups is 1. The van der Waals surface area contributed by atoms with Gasteiger partial charge in [-0.25, -0.2) is 0 Å². The molecule has 1 unspecified atom stereocenters. The van der Waals surface area contributed by atoms with Crippen LogP contribution in [0.2, 0.25) is 0 Å². The Labute approximate surface area is 151 Å². The summed E-state index contributed by atoms with van der Waals surface area (Å²) in [6.45, 7) is 13.7. The Morgan fingerprint density at radius 2 is 1.76 bits per heavy atom. The van der Waals surface area contributed by atoms with Crippen molar-refractivity contribution in [2.45, 2.75) is 46.8 Å². The van der Waals surface area contributed by atoms with Crippen LogP contribution in [-0.2, 0) is 16.1 Å². The highest BCUT2D eigenvalue weighted by Crippen LogP contribution is 2.21. The summed E-state index contributed by atoms with van der Waals surface area (Å²) >= 11 is 0. The Morgan fingerprint density at radius 3 is 2.36 bits per heavy atom. The number of benzene rings is 1. The van der Waals surface area contributed by atoms with Gasteiger partial charge in [0.05, 0.1) is 12.7 Å². The van der Waals surface area contributed by atoms with Crippen LogP contribution >= 0.6 is 0 Å². The largest absolute Gasteiger partial charge is 0.373 e. The molecule has 1 fully saturated rings. The molecule has 1 amide bonds. The van der Waals surface area contributed by atoms with Gasteiger partial charge >= 0.3 is 0 Å². The first-order valence-electron chi connectivity index (χ1n) is 9.35. The lowest BCUT2D eigenvalue weighted by Crippen LogP contribution is -2.49. The normalized spacial score (nSPS) is 22.0. The van der Waals surface area contributed by atoms with E-state index in [4.69, 9.17) is 4.74 Å². The molecule has 0 aliphatic carbocycles. The lowest BCUT2D eigenvalue weighted by Gasteiger charge is -2.36. The molecule has 1 aromatic carbocycles. The maximum absolute atomic E-state index is 12.7. The first-order chi connectivity index (χ1) is 12.0. The quantitative estimate of drug-likeness (QED) is 0.847. The van der Waals surface area contributed by atoms with E-state index in [1.807, 2.05) is 11.8 Å². The molecular formula is C21H30N2O2. The summed E-state index contributed by atoms with van der Waals surface area (Å²) in [6.07, 6.45) is 2.83. The fraction of sp³-hybridized carbons (Fsp3) is 0.571. The SMILES string of the molecule is Cc1cc(C)c(CN2CCN(C(=O)C3=CCCOC3C)CC2)c(C)c1. The Hall–Kier alpha value is -1.65. The Morgan fingerprint density at radius 1 is 1.12 bits per heavy atom. The lowest BCUT2D eigenvalue weighted by atomic mass is 9.99. The molecule has 2 aliphatic rings. The van der Waals surface area contributed by atoms with Crippen LogP contribution in [0.4, 0.5) is 0 Å². The van der Waals surface area contributed by atoms with E-state index >= 15 is 0 Å². The molecule has 0 radical (unpaired) electrons. The van der Waals surface area contributed by atoms with Gasteiger partial charge in [-0.1, -0.05) is 23.8 Å². The molecule has 1 atom stereocenters. The van der Waals surface area contributed by atoms with Crippen molar-refractivity contribution in [3.05, 3.63) is 46.0 Å². The Bertz CT molecular complexity index is 649. The minimum Gasteiger partial charge on any atom is -0.373 e. The molecule has 3 rings (SSSR count). The topological polar surface area (TPSA) is 32.8 Å². The van der Waals surface area contributed by atoms with Crippen molar-refractivity contribution in [1.82, 2.24) is 9.80 Å². The highest BCUT2D eigenvalue weighted by atomic mass is 16.5. The van der Waals surface area contributed by atoms with Crippen molar-refractivity contribution in [3.8, 4) is 0 Å². The van der Waals surface area contributed by atoms with Gasteiger partial charge in [-0.05, 0) is 50.8 Å². The highest BCUT2D eigenvalue weighted by molar-refractivity contribution is 5.94. The van der Waals surface area contributed by atoms with Gasteiger partial charge in [-0.15, -0.1) is 0 Å². The molecule has 2 aliphatic heterocycles. The third kappa shape index (κ3) is 4.13. The molecule has 1 saturated heterocycles. The number of piperazine rings is 1. The number of hydrogen-bond donors (Lipinski definition) is 0. The number of hydrogen-bond acceptors (Lipinski definition) is 3. The predicted octanol–water partition coefficient (Wildman–Crippen LogP) is 2.99. The smallest absolute Gasteiger partial charge is 0.252 e. The Kier molecular flexibility index (Phi) is 5.60. The van der Waals surface area contributed by atoms with E-state index < -0.39 is 0 Å². The molecule has 4 heteroatoms. The van der Waals surface area contributed by atoms with Gasteiger partial charge in [0.25, 0.3) is 5.91 Å². The summed E-state index contributed by atoms with van der Waals surface area (Å²) in [7, 11) is 0. The van der Waals surface area contributed by atoms with E-state index in [1.54, 1.807) is 0 Å². The second-order valence-corrected chi connectivity index (χ2v) is 7.41. The van der Waals surface area contributed by atoms with Crippen LogP contribution in [0.3, 0.4) is 0 Å². The first kappa shape index (κ1) is 18.2. The van der Waals surface area contributed by atoms with Crippen molar-refractivity contribution < 1.29 is 9.53 Å². The zero-order valence-corrected chi connectivity index (χ0v) is 16.0. The van der Waals surface area contributed by atoms with Crippen molar-refractivity contribution in [1.29, 1.82) is 0 Å². The minimum absolute atomic E-state index is 0.0721. The summed E-state index contributed by atoms with van der Waals surface area (Å²) in [5.74, 6) is 0.162.